The van der Waals surface area contributed by atoms with Gasteiger partial charge in [-0.2, -0.15) is 0 Å². The summed E-state index contributed by atoms with van der Waals surface area (Å²) >= 11 is 0. The Morgan fingerprint density at radius 2 is 1.80 bits per heavy atom. The van der Waals surface area contributed by atoms with Gasteiger partial charge in [0, 0.05) is 5.54 Å². The van der Waals surface area contributed by atoms with E-state index in [2.05, 4.69) is 0 Å². The minimum absolute atomic E-state index is 0.186. The molecule has 1 heteroatoms. The van der Waals surface area contributed by atoms with E-state index in [0.717, 1.165) is 12.3 Å². The number of hydrogen-bond donors (Lipinski definition) is 0. The lowest BCUT2D eigenvalue weighted by Gasteiger charge is -2.21. The number of rotatable bonds is 2. The normalized spacial score (nSPS) is 21.9. The second-order valence-electron chi connectivity index (χ2n) is 4.24. The average molecular weight is 140 g/mol. The van der Waals surface area contributed by atoms with Gasteiger partial charge in [-0.3, -0.25) is 5.73 Å². The Labute approximate surface area is 64.0 Å². The minimum atomic E-state index is -0.186. The summed E-state index contributed by atoms with van der Waals surface area (Å²) in [5.41, 5.74) is 7.51. The van der Waals surface area contributed by atoms with Crippen molar-refractivity contribution in [1.29, 1.82) is 0 Å². The zero-order chi connectivity index (χ0) is 7.61. The van der Waals surface area contributed by atoms with Crippen molar-refractivity contribution >= 4 is 0 Å². The van der Waals surface area contributed by atoms with Gasteiger partial charge in [-0.15, -0.1) is 0 Å². The summed E-state index contributed by atoms with van der Waals surface area (Å²) in [5.74, 6) is 0.868. The average Bonchev–Trinajstić information content (AvgIpc) is 2.12. The van der Waals surface area contributed by atoms with E-state index >= 15 is 0 Å². The molecule has 1 fully saturated rings. The smallest absolute Gasteiger partial charge is 0.0270 e. The summed E-state index contributed by atoms with van der Waals surface area (Å²) in [6, 6.07) is 0. The van der Waals surface area contributed by atoms with Crippen molar-refractivity contribution in [3.63, 3.8) is 0 Å². The van der Waals surface area contributed by atoms with E-state index in [1.54, 1.807) is 0 Å². The van der Waals surface area contributed by atoms with Crippen LogP contribution in [0.15, 0.2) is 0 Å². The maximum Gasteiger partial charge on any atom is 0.0270 e. The van der Waals surface area contributed by atoms with E-state index in [-0.39, 0.29) is 5.54 Å². The fourth-order valence-corrected chi connectivity index (χ4v) is 1.94. The zero-order valence-corrected chi connectivity index (χ0v) is 7.11. The Morgan fingerprint density at radius 1 is 1.30 bits per heavy atom. The summed E-state index contributed by atoms with van der Waals surface area (Å²) in [7, 11) is 0. The summed E-state index contributed by atoms with van der Waals surface area (Å²) in [6.07, 6.45) is 6.67. The molecule has 0 amide bonds. The van der Waals surface area contributed by atoms with E-state index in [9.17, 15) is 0 Å². The van der Waals surface area contributed by atoms with Gasteiger partial charge in [-0.1, -0.05) is 25.7 Å². The molecule has 1 saturated carbocycles. The third kappa shape index (κ3) is 2.70. The van der Waals surface area contributed by atoms with Crippen LogP contribution in [0.25, 0.3) is 0 Å². The molecule has 0 spiro atoms. The molecule has 0 saturated heterocycles. The van der Waals surface area contributed by atoms with Gasteiger partial charge in [-0.05, 0) is 26.2 Å². The van der Waals surface area contributed by atoms with Gasteiger partial charge < -0.3 is 0 Å². The van der Waals surface area contributed by atoms with E-state index in [1.165, 1.54) is 25.7 Å². The van der Waals surface area contributed by atoms with Crippen molar-refractivity contribution in [3.05, 3.63) is 0 Å². The number of nitrogens with one attached hydrogen (secondary N) is 1. The molecule has 0 aromatic rings. The third-order valence-corrected chi connectivity index (χ3v) is 2.27. The van der Waals surface area contributed by atoms with Gasteiger partial charge in [0.25, 0.3) is 0 Å². The summed E-state index contributed by atoms with van der Waals surface area (Å²) in [4.78, 5) is 0. The van der Waals surface area contributed by atoms with Gasteiger partial charge in [0.2, 0.25) is 0 Å². The number of hydrogen-bond acceptors (Lipinski definition) is 0. The van der Waals surface area contributed by atoms with Crippen molar-refractivity contribution in [1.82, 2.24) is 5.73 Å². The van der Waals surface area contributed by atoms with Crippen molar-refractivity contribution in [2.45, 2.75) is 51.5 Å². The Bertz CT molecular complexity index is 95.8. The summed E-state index contributed by atoms with van der Waals surface area (Å²) in [6.45, 7) is 4.04. The van der Waals surface area contributed by atoms with Crippen molar-refractivity contribution < 1.29 is 0 Å². The van der Waals surface area contributed by atoms with Crippen LogP contribution in [0, 0.1) is 5.92 Å². The Kier molecular flexibility index (Phi) is 2.35. The van der Waals surface area contributed by atoms with Crippen molar-refractivity contribution in [2.75, 3.05) is 0 Å². The zero-order valence-electron chi connectivity index (χ0n) is 7.11. The predicted molar refractivity (Wildman–Crippen MR) is 43.8 cm³/mol. The molecule has 0 aliphatic heterocycles. The second kappa shape index (κ2) is 2.91. The highest BCUT2D eigenvalue weighted by atomic mass is 14.7. The van der Waals surface area contributed by atoms with Crippen molar-refractivity contribution in [2.24, 2.45) is 5.92 Å². The van der Waals surface area contributed by atoms with Crippen LogP contribution in [-0.2, 0) is 0 Å². The lowest BCUT2D eigenvalue weighted by Crippen LogP contribution is -2.24. The molecule has 0 atom stereocenters. The molecule has 0 bridgehead atoms. The lowest BCUT2D eigenvalue weighted by molar-refractivity contribution is 0.357. The fourth-order valence-electron chi connectivity index (χ4n) is 1.94. The SMILES string of the molecule is CC(C)([NH])CC1CCCC1. The highest BCUT2D eigenvalue weighted by Gasteiger charge is 2.22. The Balaban J connectivity index is 2.24. The molecule has 1 nitrogen and oxygen atoms in total. The topological polar surface area (TPSA) is 23.8 Å². The van der Waals surface area contributed by atoms with Crippen LogP contribution >= 0.6 is 0 Å². The monoisotopic (exact) mass is 140 g/mol. The molecule has 10 heavy (non-hydrogen) atoms. The molecule has 0 heterocycles. The van der Waals surface area contributed by atoms with Crippen LogP contribution in [-0.4, -0.2) is 5.54 Å². The van der Waals surface area contributed by atoms with Gasteiger partial charge >= 0.3 is 0 Å². The van der Waals surface area contributed by atoms with Gasteiger partial charge in [0.05, 0.1) is 0 Å². The largest absolute Gasteiger partial charge is 0.252 e. The Morgan fingerprint density at radius 3 is 2.20 bits per heavy atom. The van der Waals surface area contributed by atoms with Gasteiger partial charge in [-0.25, -0.2) is 0 Å². The van der Waals surface area contributed by atoms with E-state index in [1.807, 2.05) is 13.8 Å². The molecule has 0 aromatic carbocycles. The first-order chi connectivity index (χ1) is 4.58. The van der Waals surface area contributed by atoms with E-state index in [0.29, 0.717) is 0 Å². The minimum Gasteiger partial charge on any atom is -0.252 e. The van der Waals surface area contributed by atoms with Crippen LogP contribution in [0.3, 0.4) is 0 Å². The van der Waals surface area contributed by atoms with Crippen LogP contribution < -0.4 is 5.73 Å². The molecule has 0 aromatic heterocycles. The van der Waals surface area contributed by atoms with E-state index in [4.69, 9.17) is 5.73 Å². The van der Waals surface area contributed by atoms with Crippen LogP contribution in [0.5, 0.6) is 0 Å². The standard InChI is InChI=1S/C9H18N/c1-9(2,10)7-8-5-3-4-6-8/h8,10H,3-7H2,1-2H3. The first kappa shape index (κ1) is 8.06. The lowest BCUT2D eigenvalue weighted by atomic mass is 9.91. The van der Waals surface area contributed by atoms with Crippen LogP contribution in [0.4, 0.5) is 0 Å². The summed E-state index contributed by atoms with van der Waals surface area (Å²) in [5, 5.41) is 0. The molecule has 1 aliphatic rings. The fraction of sp³-hybridized carbons (Fsp3) is 1.00. The highest BCUT2D eigenvalue weighted by Crippen LogP contribution is 2.31. The Hall–Kier alpha value is -0.0400. The summed E-state index contributed by atoms with van der Waals surface area (Å²) < 4.78 is 0. The third-order valence-electron chi connectivity index (χ3n) is 2.27. The molecular weight excluding hydrogens is 122 g/mol. The van der Waals surface area contributed by atoms with Gasteiger partial charge in [0.1, 0.15) is 0 Å². The molecule has 1 aliphatic carbocycles. The maximum atomic E-state index is 7.70. The first-order valence-corrected chi connectivity index (χ1v) is 4.33. The second-order valence-corrected chi connectivity index (χ2v) is 4.24. The molecule has 59 valence electrons. The molecule has 1 rings (SSSR count). The van der Waals surface area contributed by atoms with Crippen molar-refractivity contribution in [3.8, 4) is 0 Å². The highest BCUT2D eigenvalue weighted by molar-refractivity contribution is 4.78. The maximum absolute atomic E-state index is 7.70. The quantitative estimate of drug-likeness (QED) is 0.563. The van der Waals surface area contributed by atoms with E-state index < -0.39 is 0 Å². The molecular formula is C9H18N. The first-order valence-electron chi connectivity index (χ1n) is 4.33. The molecule has 0 unspecified atom stereocenters. The van der Waals surface area contributed by atoms with Crippen LogP contribution in [0.2, 0.25) is 0 Å². The predicted octanol–water partition coefficient (Wildman–Crippen LogP) is 2.63. The van der Waals surface area contributed by atoms with Crippen LogP contribution in [0.1, 0.15) is 46.0 Å². The van der Waals surface area contributed by atoms with Gasteiger partial charge in [0.15, 0.2) is 0 Å². The molecule has 1 radical (unpaired) electrons. The molecule has 1 N–H and O–H groups in total.